The number of aromatic nitrogens is 4. The first-order valence-electron chi connectivity index (χ1n) is 21.2. The molecule has 0 unspecified atom stereocenters. The van der Waals surface area contributed by atoms with Crippen molar-refractivity contribution in [3.63, 3.8) is 0 Å². The van der Waals surface area contributed by atoms with Crippen LogP contribution in [0.2, 0.25) is 0 Å². The Morgan fingerprint density at radius 1 is 0.770 bits per heavy atom. The molecule has 8 rings (SSSR count). The number of methoxy groups -OCH3 is 2. The van der Waals surface area contributed by atoms with Gasteiger partial charge in [-0.25, -0.2) is 14.8 Å². The number of benzene rings is 2. The van der Waals surface area contributed by atoms with Crippen molar-refractivity contribution in [2.24, 2.45) is 11.8 Å². The van der Waals surface area contributed by atoms with Crippen molar-refractivity contribution >= 4 is 57.2 Å². The highest BCUT2D eigenvalue weighted by Gasteiger charge is 2.39. The van der Waals surface area contributed by atoms with Crippen LogP contribution in [0.3, 0.4) is 0 Å². The molecule has 4 N–H and O–H groups in total. The Morgan fingerprint density at radius 3 is 1.97 bits per heavy atom. The standard InChI is InChI=1S/C45H54N8O7S/c1-24(2)39(46-19-7-12-36(54)58-5)43(55)52-20-8-10-30(52)41-47-22-28(49-41)26-13-14-27(38-33-16-15-32(60-33)37(26)38)34-17-18-35(61-34)29-23-48-42(50-29)31-11-9-21-53(31)44(56)40(25(3)4)51-45(57)59-6/h13-18,22-25,30-31,39-40,46H,7-12,19-21H2,1-6H3,(H,47,49)(H,48,50)(H,51,57)/t30-,31-,39-,40-/m0/s1. The van der Waals surface area contributed by atoms with Gasteiger partial charge in [0.05, 0.1) is 61.0 Å². The minimum Gasteiger partial charge on any atom is -0.469 e. The van der Waals surface area contributed by atoms with E-state index >= 15 is 0 Å². The number of nitrogens with one attached hydrogen (secondary N) is 4. The molecule has 2 bridgehead atoms. The number of hydrogen-bond acceptors (Lipinski definition) is 11. The quantitative estimate of drug-likeness (QED) is 0.0586. The Bertz CT molecular complexity index is 2520. The van der Waals surface area contributed by atoms with Gasteiger partial charge in [-0.3, -0.25) is 14.4 Å². The summed E-state index contributed by atoms with van der Waals surface area (Å²) in [5, 5.41) is 8.14. The van der Waals surface area contributed by atoms with Gasteiger partial charge in [0, 0.05) is 46.3 Å². The maximum Gasteiger partial charge on any atom is 0.407 e. The highest BCUT2D eigenvalue weighted by atomic mass is 32.1. The molecular formula is C45H54N8O7S. The van der Waals surface area contributed by atoms with Crippen LogP contribution in [0.5, 0.6) is 0 Å². The van der Waals surface area contributed by atoms with Gasteiger partial charge in [0.1, 0.15) is 28.9 Å². The van der Waals surface area contributed by atoms with Gasteiger partial charge in [-0.1, -0.05) is 39.8 Å². The van der Waals surface area contributed by atoms with Crippen LogP contribution in [-0.2, 0) is 23.9 Å². The number of imidazole rings is 2. The third-order valence-electron chi connectivity index (χ3n) is 12.1. The number of furan rings is 2. The molecule has 322 valence electrons. The monoisotopic (exact) mass is 850 g/mol. The van der Waals surface area contributed by atoms with Crippen LogP contribution in [0.15, 0.2) is 53.2 Å². The summed E-state index contributed by atoms with van der Waals surface area (Å²) >= 11 is 1.65. The minimum atomic E-state index is -0.701. The molecule has 0 aliphatic carbocycles. The van der Waals surface area contributed by atoms with Gasteiger partial charge in [-0.05, 0) is 74.8 Å². The van der Waals surface area contributed by atoms with Crippen molar-refractivity contribution in [2.75, 3.05) is 33.9 Å². The Balaban J connectivity index is 1.01. The molecule has 0 radical (unpaired) electrons. The number of nitrogens with zero attached hydrogens (tertiary/aromatic N) is 4. The summed E-state index contributed by atoms with van der Waals surface area (Å²) in [6, 6.07) is 11.0. The SMILES string of the molecule is COC(=O)CCCN[C@H](C(=O)N1CCC[C@H]1c1ncc(-c2ccc(-c3ccc(-c4cnc([C@@H]5CCCN5C(=O)[C@@H](NC(=O)OC)C(C)C)[nH]4)s3)c3c4ccc(o4)c23)[nH]1)C(C)C. The fourth-order valence-electron chi connectivity index (χ4n) is 8.94. The van der Waals surface area contributed by atoms with E-state index in [0.717, 1.165) is 91.5 Å². The molecule has 0 spiro atoms. The van der Waals surface area contributed by atoms with Gasteiger partial charge >= 0.3 is 12.1 Å². The Morgan fingerprint density at radius 2 is 1.34 bits per heavy atom. The Hall–Kier alpha value is -5.74. The Labute approximate surface area is 358 Å². The number of hydrogen-bond donors (Lipinski definition) is 4. The molecule has 3 amide bonds. The number of rotatable bonds is 15. The number of esters is 1. The molecular weight excluding hydrogens is 797 g/mol. The molecule has 1 aromatic carbocycles. The van der Waals surface area contributed by atoms with Crippen molar-refractivity contribution in [3.05, 3.63) is 60.4 Å². The first-order chi connectivity index (χ1) is 29.5. The van der Waals surface area contributed by atoms with Crippen molar-refractivity contribution in [2.45, 2.75) is 90.4 Å². The number of alkyl carbamates (subject to hydrolysis) is 1. The van der Waals surface area contributed by atoms with Gasteiger partial charge in [0.2, 0.25) is 11.8 Å². The summed E-state index contributed by atoms with van der Waals surface area (Å²) in [5.41, 5.74) is 5.35. The molecule has 7 heterocycles. The van der Waals surface area contributed by atoms with E-state index in [-0.39, 0.29) is 47.7 Å². The third-order valence-corrected chi connectivity index (χ3v) is 13.3. The highest BCUT2D eigenvalue weighted by Crippen LogP contribution is 2.46. The van der Waals surface area contributed by atoms with Gasteiger partial charge in [-0.15, -0.1) is 11.3 Å². The molecule has 2 fully saturated rings. The zero-order valence-corrected chi connectivity index (χ0v) is 36.3. The molecule has 4 atom stereocenters. The summed E-state index contributed by atoms with van der Waals surface area (Å²) in [6.07, 6.45) is 7.26. The average molecular weight is 851 g/mol. The average Bonchev–Trinajstić information content (AvgIpc) is 4.11. The summed E-state index contributed by atoms with van der Waals surface area (Å²) in [6.45, 7) is 9.66. The number of ether oxygens (including phenoxy) is 2. The number of carbonyl (C=O) groups is 4. The molecule has 15 nitrogen and oxygen atoms in total. The van der Waals surface area contributed by atoms with Crippen LogP contribution < -0.4 is 10.6 Å². The van der Waals surface area contributed by atoms with Crippen molar-refractivity contribution < 1.29 is 33.1 Å². The molecule has 2 aliphatic heterocycles. The van der Waals surface area contributed by atoms with Gasteiger partial charge < -0.3 is 44.3 Å². The lowest BCUT2D eigenvalue weighted by atomic mass is 9.97. The largest absolute Gasteiger partial charge is 0.469 e. The fourth-order valence-corrected chi connectivity index (χ4v) is 9.94. The van der Waals surface area contributed by atoms with Gasteiger partial charge in [-0.2, -0.15) is 0 Å². The first-order valence-corrected chi connectivity index (χ1v) is 22.0. The minimum absolute atomic E-state index is 0.0450. The lowest BCUT2D eigenvalue weighted by Gasteiger charge is -2.30. The zero-order valence-electron chi connectivity index (χ0n) is 35.5. The van der Waals surface area contributed by atoms with Crippen LogP contribution in [0.1, 0.15) is 90.0 Å². The van der Waals surface area contributed by atoms with Crippen molar-refractivity contribution in [1.82, 2.24) is 40.4 Å². The number of carbonyl (C=O) groups excluding carboxylic acids is 4. The van der Waals surface area contributed by atoms with Crippen LogP contribution in [0.25, 0.3) is 54.2 Å². The van der Waals surface area contributed by atoms with Gasteiger partial charge in [0.15, 0.2) is 0 Å². The molecule has 61 heavy (non-hydrogen) atoms. The lowest BCUT2D eigenvalue weighted by molar-refractivity contribution is -0.140. The third kappa shape index (κ3) is 8.22. The zero-order chi connectivity index (χ0) is 42.9. The van der Waals surface area contributed by atoms with Crippen molar-refractivity contribution in [3.8, 4) is 32.3 Å². The van der Waals surface area contributed by atoms with Crippen LogP contribution in [0, 0.1) is 11.8 Å². The topological polar surface area (TPSA) is 188 Å². The summed E-state index contributed by atoms with van der Waals surface area (Å²) in [5.74, 6) is 1.07. The van der Waals surface area contributed by atoms with Crippen LogP contribution >= 0.6 is 11.3 Å². The van der Waals surface area contributed by atoms with E-state index < -0.39 is 12.1 Å². The van der Waals surface area contributed by atoms with E-state index in [1.807, 2.05) is 62.0 Å². The van der Waals surface area contributed by atoms with E-state index in [4.69, 9.17) is 23.9 Å². The lowest BCUT2D eigenvalue weighted by Crippen LogP contribution is -2.51. The van der Waals surface area contributed by atoms with E-state index in [1.165, 1.54) is 14.2 Å². The fraction of sp³-hybridized carbons (Fsp3) is 0.467. The van der Waals surface area contributed by atoms with Crippen LogP contribution in [0.4, 0.5) is 4.79 Å². The van der Waals surface area contributed by atoms with E-state index in [2.05, 4.69) is 44.9 Å². The second-order valence-corrected chi connectivity index (χ2v) is 17.8. The number of fused-ring (bicyclic) bond motifs is 5. The number of amides is 3. The van der Waals surface area contributed by atoms with Gasteiger partial charge in [0.25, 0.3) is 0 Å². The number of H-pyrrole nitrogens is 2. The number of aromatic amines is 2. The second-order valence-electron chi connectivity index (χ2n) is 16.7. The second kappa shape index (κ2) is 17.7. The number of thiophene rings is 1. The van der Waals surface area contributed by atoms with Crippen LogP contribution in [-0.4, -0.2) is 99.6 Å². The predicted molar refractivity (Wildman–Crippen MR) is 233 cm³/mol. The normalized spacial score (nSPS) is 17.9. The summed E-state index contributed by atoms with van der Waals surface area (Å²) < 4.78 is 15.9. The number of likely N-dealkylation sites (tertiary alicyclic amines) is 2. The predicted octanol–water partition coefficient (Wildman–Crippen LogP) is 7.81. The first kappa shape index (κ1) is 42.0. The molecule has 16 heteroatoms. The van der Waals surface area contributed by atoms with E-state index in [1.54, 1.807) is 11.3 Å². The van der Waals surface area contributed by atoms with E-state index in [9.17, 15) is 19.2 Å². The molecule has 6 aromatic rings. The Kier molecular flexibility index (Phi) is 12.2. The molecule has 5 aromatic heterocycles. The molecule has 0 saturated carbocycles. The smallest absolute Gasteiger partial charge is 0.407 e. The van der Waals surface area contributed by atoms with E-state index in [0.29, 0.717) is 32.5 Å². The summed E-state index contributed by atoms with van der Waals surface area (Å²) in [4.78, 5) is 73.9. The summed E-state index contributed by atoms with van der Waals surface area (Å²) in [7, 11) is 2.68. The van der Waals surface area contributed by atoms with Crippen molar-refractivity contribution in [1.29, 1.82) is 0 Å². The maximum absolute atomic E-state index is 14.0. The maximum atomic E-state index is 14.0. The molecule has 2 aliphatic rings. The highest BCUT2D eigenvalue weighted by molar-refractivity contribution is 7.18. The molecule has 2 saturated heterocycles.